The van der Waals surface area contributed by atoms with Crippen LogP contribution in [0.1, 0.15) is 33.6 Å². The third-order valence-corrected chi connectivity index (χ3v) is 2.62. The maximum atomic E-state index is 12.1. The summed E-state index contributed by atoms with van der Waals surface area (Å²) in [5, 5.41) is 3.27. The number of rotatable bonds is 7. The molecule has 0 fully saturated rings. The van der Waals surface area contributed by atoms with Gasteiger partial charge in [-0.25, -0.2) is 0 Å². The lowest BCUT2D eigenvalue weighted by molar-refractivity contribution is -0.147. The molecule has 16 heavy (non-hydrogen) atoms. The van der Waals surface area contributed by atoms with E-state index in [1.54, 1.807) is 0 Å². The summed E-state index contributed by atoms with van der Waals surface area (Å²) in [6.45, 7) is 5.98. The molecule has 0 spiro atoms. The second-order valence-corrected chi connectivity index (χ2v) is 4.47. The van der Waals surface area contributed by atoms with Crippen LogP contribution in [0.5, 0.6) is 0 Å². The summed E-state index contributed by atoms with van der Waals surface area (Å²) in [7, 11) is 1.52. The normalized spacial score (nSPS) is 16.5. The molecule has 0 amide bonds. The van der Waals surface area contributed by atoms with Crippen LogP contribution in [0.25, 0.3) is 0 Å². The average molecular weight is 240 g/mol. The average Bonchev–Trinajstić information content (AvgIpc) is 2.11. The minimum absolute atomic E-state index is 0.0685. The van der Waals surface area contributed by atoms with Crippen LogP contribution in [0.2, 0.25) is 0 Å². The fraction of sp³-hybridized carbons (Fsp3) is 1.00. The van der Waals surface area contributed by atoms with Crippen molar-refractivity contribution in [3.8, 4) is 0 Å². The molecule has 0 saturated heterocycles. The van der Waals surface area contributed by atoms with Gasteiger partial charge in [-0.3, -0.25) is 4.90 Å². The first-order valence-electron chi connectivity index (χ1n) is 5.76. The van der Waals surface area contributed by atoms with Crippen LogP contribution in [0, 0.1) is 0 Å². The van der Waals surface area contributed by atoms with Gasteiger partial charge in [-0.15, -0.1) is 0 Å². The molecule has 0 aliphatic heterocycles. The molecule has 0 bridgehead atoms. The van der Waals surface area contributed by atoms with Crippen molar-refractivity contribution in [3.63, 3.8) is 0 Å². The van der Waals surface area contributed by atoms with E-state index in [0.717, 1.165) is 19.4 Å². The van der Waals surface area contributed by atoms with Gasteiger partial charge >= 0.3 is 6.18 Å². The lowest BCUT2D eigenvalue weighted by Gasteiger charge is -2.28. The Kier molecular flexibility index (Phi) is 6.99. The van der Waals surface area contributed by atoms with Gasteiger partial charge < -0.3 is 5.32 Å². The van der Waals surface area contributed by atoms with Crippen molar-refractivity contribution < 1.29 is 13.2 Å². The molecular formula is C11H23F3N2. The zero-order chi connectivity index (χ0) is 12.8. The summed E-state index contributed by atoms with van der Waals surface area (Å²) in [4.78, 5) is 1.35. The number of alkyl halides is 3. The minimum atomic E-state index is -4.11. The fourth-order valence-electron chi connectivity index (χ4n) is 1.60. The summed E-state index contributed by atoms with van der Waals surface area (Å²) < 4.78 is 36.4. The molecule has 0 aromatic rings. The number of hydrogen-bond donors (Lipinski definition) is 1. The largest absolute Gasteiger partial charge is 0.401 e. The monoisotopic (exact) mass is 240 g/mol. The predicted octanol–water partition coefficient (Wildman–Crippen LogP) is 2.65. The van der Waals surface area contributed by atoms with E-state index in [4.69, 9.17) is 0 Å². The van der Waals surface area contributed by atoms with Crippen molar-refractivity contribution in [2.75, 3.05) is 20.1 Å². The van der Waals surface area contributed by atoms with E-state index in [-0.39, 0.29) is 12.1 Å². The van der Waals surface area contributed by atoms with Crippen LogP contribution >= 0.6 is 0 Å². The molecule has 0 aromatic carbocycles. The summed E-state index contributed by atoms with van der Waals surface area (Å²) in [5.74, 6) is 0. The minimum Gasteiger partial charge on any atom is -0.314 e. The third kappa shape index (κ3) is 7.93. The maximum Gasteiger partial charge on any atom is 0.401 e. The smallest absolute Gasteiger partial charge is 0.314 e. The van der Waals surface area contributed by atoms with Crippen LogP contribution < -0.4 is 5.32 Å². The van der Waals surface area contributed by atoms with E-state index in [1.165, 1.54) is 11.9 Å². The second-order valence-electron chi connectivity index (χ2n) is 4.47. The van der Waals surface area contributed by atoms with Crippen molar-refractivity contribution in [3.05, 3.63) is 0 Å². The molecule has 1 N–H and O–H groups in total. The van der Waals surface area contributed by atoms with E-state index in [0.29, 0.717) is 0 Å². The predicted molar refractivity (Wildman–Crippen MR) is 60.5 cm³/mol. The van der Waals surface area contributed by atoms with Crippen molar-refractivity contribution >= 4 is 0 Å². The lowest BCUT2D eigenvalue weighted by Crippen LogP contribution is -2.41. The standard InChI is InChI=1S/C11H23F3N2/c1-5-6-15-9(2)7-10(3)16(4)8-11(12,13)14/h9-10,15H,5-8H2,1-4H3. The third-order valence-electron chi connectivity index (χ3n) is 2.62. The Hall–Kier alpha value is -0.290. The zero-order valence-corrected chi connectivity index (χ0v) is 10.6. The molecule has 0 aliphatic carbocycles. The van der Waals surface area contributed by atoms with Gasteiger partial charge in [-0.05, 0) is 40.3 Å². The van der Waals surface area contributed by atoms with Gasteiger partial charge in [0.25, 0.3) is 0 Å². The zero-order valence-electron chi connectivity index (χ0n) is 10.6. The van der Waals surface area contributed by atoms with Crippen LogP contribution in [0.3, 0.4) is 0 Å². The Labute approximate surface area is 96.2 Å². The van der Waals surface area contributed by atoms with E-state index in [2.05, 4.69) is 12.2 Å². The van der Waals surface area contributed by atoms with E-state index in [9.17, 15) is 13.2 Å². The lowest BCUT2D eigenvalue weighted by atomic mass is 10.1. The van der Waals surface area contributed by atoms with Gasteiger partial charge in [0, 0.05) is 12.1 Å². The van der Waals surface area contributed by atoms with Crippen molar-refractivity contribution in [1.29, 1.82) is 0 Å². The maximum absolute atomic E-state index is 12.1. The molecule has 0 aliphatic rings. The van der Waals surface area contributed by atoms with Crippen molar-refractivity contribution in [2.24, 2.45) is 0 Å². The van der Waals surface area contributed by atoms with Gasteiger partial charge in [0.05, 0.1) is 6.54 Å². The fourth-order valence-corrected chi connectivity index (χ4v) is 1.60. The Morgan fingerprint density at radius 3 is 2.25 bits per heavy atom. The summed E-state index contributed by atoms with van der Waals surface area (Å²) in [6, 6.07) is 0.187. The molecule has 2 unspecified atom stereocenters. The molecule has 0 heterocycles. The molecule has 0 saturated carbocycles. The summed E-state index contributed by atoms with van der Waals surface area (Å²) in [6.07, 6.45) is -2.34. The van der Waals surface area contributed by atoms with Gasteiger partial charge in [0.15, 0.2) is 0 Å². The number of hydrogen-bond acceptors (Lipinski definition) is 2. The van der Waals surface area contributed by atoms with Gasteiger partial charge in [-0.1, -0.05) is 6.92 Å². The highest BCUT2D eigenvalue weighted by molar-refractivity contribution is 4.72. The Morgan fingerprint density at radius 1 is 1.25 bits per heavy atom. The highest BCUT2D eigenvalue weighted by Crippen LogP contribution is 2.18. The van der Waals surface area contributed by atoms with Crippen LogP contribution in [-0.4, -0.2) is 43.3 Å². The van der Waals surface area contributed by atoms with Crippen molar-refractivity contribution in [2.45, 2.75) is 51.9 Å². The van der Waals surface area contributed by atoms with Gasteiger partial charge in [0.1, 0.15) is 0 Å². The van der Waals surface area contributed by atoms with E-state index >= 15 is 0 Å². The Balaban J connectivity index is 3.90. The molecular weight excluding hydrogens is 217 g/mol. The first-order chi connectivity index (χ1) is 7.26. The van der Waals surface area contributed by atoms with E-state index in [1.807, 2.05) is 13.8 Å². The molecule has 2 nitrogen and oxygen atoms in total. The quantitative estimate of drug-likeness (QED) is 0.736. The molecule has 5 heteroatoms. The number of halogens is 3. The van der Waals surface area contributed by atoms with Gasteiger partial charge in [-0.2, -0.15) is 13.2 Å². The molecule has 2 atom stereocenters. The van der Waals surface area contributed by atoms with Crippen molar-refractivity contribution in [1.82, 2.24) is 10.2 Å². The molecule has 0 aromatic heterocycles. The Bertz CT molecular complexity index is 183. The highest BCUT2D eigenvalue weighted by atomic mass is 19.4. The number of nitrogens with zero attached hydrogens (tertiary/aromatic N) is 1. The molecule has 98 valence electrons. The topological polar surface area (TPSA) is 15.3 Å². The number of nitrogens with one attached hydrogen (secondary N) is 1. The summed E-state index contributed by atoms with van der Waals surface area (Å²) in [5.41, 5.74) is 0. The van der Waals surface area contributed by atoms with Crippen LogP contribution in [-0.2, 0) is 0 Å². The second kappa shape index (κ2) is 7.12. The van der Waals surface area contributed by atoms with E-state index < -0.39 is 12.7 Å². The van der Waals surface area contributed by atoms with Crippen LogP contribution in [0.4, 0.5) is 13.2 Å². The molecule has 0 radical (unpaired) electrons. The first kappa shape index (κ1) is 15.7. The Morgan fingerprint density at radius 2 is 1.81 bits per heavy atom. The highest BCUT2D eigenvalue weighted by Gasteiger charge is 2.30. The first-order valence-corrected chi connectivity index (χ1v) is 5.76. The summed E-state index contributed by atoms with van der Waals surface area (Å²) >= 11 is 0. The van der Waals surface area contributed by atoms with Crippen LogP contribution in [0.15, 0.2) is 0 Å². The SMILES string of the molecule is CCCNC(C)CC(C)N(C)CC(F)(F)F. The molecule has 0 rings (SSSR count). The van der Waals surface area contributed by atoms with Gasteiger partial charge in [0.2, 0.25) is 0 Å².